The summed E-state index contributed by atoms with van der Waals surface area (Å²) in [5.74, 6) is -0.632. The van der Waals surface area contributed by atoms with Crippen LogP contribution in [0.2, 0.25) is 5.04 Å². The maximum atomic E-state index is 6.89. The fourth-order valence-corrected chi connectivity index (χ4v) is 9.28. The molecule has 1 aliphatic rings. The van der Waals surface area contributed by atoms with Gasteiger partial charge in [-0.05, 0) is 29.3 Å². The van der Waals surface area contributed by atoms with Crippen LogP contribution in [-0.4, -0.2) is 44.2 Å². The van der Waals surface area contributed by atoms with Crippen LogP contribution in [0.1, 0.15) is 34.6 Å². The van der Waals surface area contributed by atoms with Gasteiger partial charge < -0.3 is 13.9 Å². The van der Waals surface area contributed by atoms with Crippen LogP contribution < -0.4 is 10.4 Å². The van der Waals surface area contributed by atoms with E-state index >= 15 is 0 Å². The smallest absolute Gasteiger partial charge is 0.261 e. The molecule has 2 aromatic carbocycles. The van der Waals surface area contributed by atoms with Gasteiger partial charge in [0, 0.05) is 0 Å². The maximum Gasteiger partial charge on any atom is 0.261 e. The quantitative estimate of drug-likeness (QED) is 0.427. The first kappa shape index (κ1) is 23.8. The molecule has 164 valence electrons. The Morgan fingerprint density at radius 2 is 1.50 bits per heavy atom. The van der Waals surface area contributed by atoms with Crippen LogP contribution in [0, 0.1) is 0 Å². The van der Waals surface area contributed by atoms with E-state index in [1.165, 1.54) is 10.4 Å². The average molecular weight is 468 g/mol. The lowest BCUT2D eigenvalue weighted by Crippen LogP contribution is -2.67. The molecule has 0 amide bonds. The van der Waals surface area contributed by atoms with Crippen LogP contribution in [0.5, 0.6) is 0 Å². The van der Waals surface area contributed by atoms with E-state index in [0.29, 0.717) is 13.2 Å². The van der Waals surface area contributed by atoms with Crippen LogP contribution in [0.15, 0.2) is 60.7 Å². The van der Waals surface area contributed by atoms with Gasteiger partial charge in [-0.25, -0.2) is 0 Å². The minimum atomic E-state index is -2.64. The lowest BCUT2D eigenvalue weighted by atomic mass is 10.2. The summed E-state index contributed by atoms with van der Waals surface area (Å²) in [5, 5.41) is 1.52. The van der Waals surface area contributed by atoms with Gasteiger partial charge in [-0.1, -0.05) is 81.4 Å². The van der Waals surface area contributed by atoms with Gasteiger partial charge in [-0.2, -0.15) is 0 Å². The number of alkyl halides is 2. The SMILES string of the molecule is CC1(C)OC[C@H]([C@H](Cl)[C@@H](Cl)CO[Si](c2ccccc2)(c2ccccc2)C(C)(C)C)O1. The maximum absolute atomic E-state index is 6.89. The van der Waals surface area contributed by atoms with E-state index in [4.69, 9.17) is 37.1 Å². The van der Waals surface area contributed by atoms with Gasteiger partial charge in [0.2, 0.25) is 0 Å². The molecule has 3 atom stereocenters. The van der Waals surface area contributed by atoms with Crippen LogP contribution in [0.3, 0.4) is 0 Å². The monoisotopic (exact) mass is 466 g/mol. The van der Waals surface area contributed by atoms with E-state index in [1.807, 2.05) is 26.0 Å². The molecule has 6 heteroatoms. The average Bonchev–Trinajstić information content (AvgIpc) is 3.08. The predicted molar refractivity (Wildman–Crippen MR) is 128 cm³/mol. The van der Waals surface area contributed by atoms with Crippen molar-refractivity contribution >= 4 is 41.9 Å². The van der Waals surface area contributed by atoms with E-state index in [0.717, 1.165) is 0 Å². The number of ether oxygens (including phenoxy) is 2. The van der Waals surface area contributed by atoms with Gasteiger partial charge in [0.25, 0.3) is 8.32 Å². The highest BCUT2D eigenvalue weighted by atomic mass is 35.5. The van der Waals surface area contributed by atoms with Crippen LogP contribution in [0.25, 0.3) is 0 Å². The molecule has 0 spiro atoms. The standard InChI is InChI=1S/C24H32Cl2O3Si/c1-23(2,3)30(18-12-8-6-9-13-18,19-14-10-7-11-15-19)28-16-20(25)22(26)21-17-27-24(4,5)29-21/h6-15,20-22H,16-17H2,1-5H3/t20-,21+,22+/m0/s1. The van der Waals surface area contributed by atoms with Gasteiger partial charge in [-0.3, -0.25) is 0 Å². The Kier molecular flexibility index (Phi) is 7.38. The van der Waals surface area contributed by atoms with Crippen LogP contribution in [-0.2, 0) is 13.9 Å². The summed E-state index contributed by atoms with van der Waals surface area (Å²) in [6.07, 6.45) is -0.257. The minimum Gasteiger partial charge on any atom is -0.406 e. The minimum absolute atomic E-state index is 0.108. The molecule has 1 aliphatic heterocycles. The Morgan fingerprint density at radius 3 is 1.90 bits per heavy atom. The van der Waals surface area contributed by atoms with E-state index in [-0.39, 0.29) is 11.1 Å². The van der Waals surface area contributed by atoms with Gasteiger partial charge >= 0.3 is 0 Å². The molecular weight excluding hydrogens is 435 g/mol. The fraction of sp³-hybridized carbons (Fsp3) is 0.500. The molecule has 0 saturated carbocycles. The van der Waals surface area contributed by atoms with Crippen LogP contribution >= 0.6 is 23.2 Å². The predicted octanol–water partition coefficient (Wildman–Crippen LogP) is 4.93. The van der Waals surface area contributed by atoms with E-state index in [1.54, 1.807) is 0 Å². The van der Waals surface area contributed by atoms with Gasteiger partial charge in [-0.15, -0.1) is 23.2 Å². The van der Waals surface area contributed by atoms with Crippen molar-refractivity contribution < 1.29 is 13.9 Å². The molecule has 0 bridgehead atoms. The lowest BCUT2D eigenvalue weighted by Gasteiger charge is -2.43. The molecule has 3 nitrogen and oxygen atoms in total. The van der Waals surface area contributed by atoms with Crippen molar-refractivity contribution in [2.45, 2.75) is 62.3 Å². The van der Waals surface area contributed by atoms with E-state index in [9.17, 15) is 0 Å². The van der Waals surface area contributed by atoms with Crippen molar-refractivity contribution in [2.24, 2.45) is 0 Å². The van der Waals surface area contributed by atoms with Crippen LogP contribution in [0.4, 0.5) is 0 Å². The third kappa shape index (κ3) is 4.95. The first-order valence-corrected chi connectivity index (χ1v) is 13.2. The van der Waals surface area contributed by atoms with Gasteiger partial charge in [0.1, 0.15) is 6.10 Å². The second kappa shape index (κ2) is 9.31. The highest BCUT2D eigenvalue weighted by Crippen LogP contribution is 2.37. The summed E-state index contributed by atoms with van der Waals surface area (Å²) in [5.41, 5.74) is 0. The Balaban J connectivity index is 1.90. The Morgan fingerprint density at radius 1 is 1.00 bits per heavy atom. The normalized spacial score (nSPS) is 21.4. The second-order valence-corrected chi connectivity index (χ2v) is 14.7. The first-order valence-electron chi connectivity index (χ1n) is 10.4. The summed E-state index contributed by atoms with van der Waals surface area (Å²) < 4.78 is 18.5. The number of hydrogen-bond donors (Lipinski definition) is 0. The number of hydrogen-bond acceptors (Lipinski definition) is 3. The zero-order valence-corrected chi connectivity index (χ0v) is 20.9. The van der Waals surface area contributed by atoms with Crippen molar-refractivity contribution in [1.29, 1.82) is 0 Å². The van der Waals surface area contributed by atoms with Crippen molar-refractivity contribution in [3.05, 3.63) is 60.7 Å². The van der Waals surface area contributed by atoms with E-state index < -0.39 is 24.9 Å². The molecule has 3 rings (SSSR count). The number of halogens is 2. The van der Waals surface area contributed by atoms with Crippen molar-refractivity contribution in [2.75, 3.05) is 13.2 Å². The van der Waals surface area contributed by atoms with Crippen molar-refractivity contribution in [1.82, 2.24) is 0 Å². The zero-order valence-electron chi connectivity index (χ0n) is 18.4. The molecule has 1 fully saturated rings. The topological polar surface area (TPSA) is 27.7 Å². The van der Waals surface area contributed by atoms with E-state index in [2.05, 4.69) is 69.3 Å². The Bertz CT molecular complexity index is 769. The molecule has 1 heterocycles. The molecule has 0 aromatic heterocycles. The molecule has 0 aliphatic carbocycles. The molecule has 0 N–H and O–H groups in total. The molecule has 0 radical (unpaired) electrons. The summed E-state index contributed by atoms with van der Waals surface area (Å²) in [6, 6.07) is 21.0. The van der Waals surface area contributed by atoms with Gasteiger partial charge in [0.05, 0.1) is 24.0 Å². The Hall–Kier alpha value is -0.883. The summed E-state index contributed by atoms with van der Waals surface area (Å²) >= 11 is 13.5. The molecule has 30 heavy (non-hydrogen) atoms. The summed E-state index contributed by atoms with van der Waals surface area (Å²) in [6.45, 7) is 11.3. The molecule has 1 saturated heterocycles. The third-order valence-corrected chi connectivity index (χ3v) is 11.7. The molecule has 0 unspecified atom stereocenters. The fourth-order valence-electron chi connectivity index (χ4n) is 4.16. The third-order valence-electron chi connectivity index (χ3n) is 5.61. The molecular formula is C24H32Cl2O3Si. The summed E-state index contributed by atoms with van der Waals surface area (Å²) in [7, 11) is -2.64. The highest BCUT2D eigenvalue weighted by molar-refractivity contribution is 6.99. The first-order chi connectivity index (χ1) is 14.1. The summed E-state index contributed by atoms with van der Waals surface area (Å²) in [4.78, 5) is 0. The Labute approximate surface area is 191 Å². The van der Waals surface area contributed by atoms with Crippen molar-refractivity contribution in [3.8, 4) is 0 Å². The number of rotatable bonds is 7. The number of benzene rings is 2. The zero-order chi connectivity index (χ0) is 22.0. The van der Waals surface area contributed by atoms with Crippen molar-refractivity contribution in [3.63, 3.8) is 0 Å². The largest absolute Gasteiger partial charge is 0.406 e. The van der Waals surface area contributed by atoms with Gasteiger partial charge in [0.15, 0.2) is 5.79 Å². The lowest BCUT2D eigenvalue weighted by molar-refractivity contribution is -0.138. The highest BCUT2D eigenvalue weighted by Gasteiger charge is 2.51. The molecule has 2 aromatic rings. The second-order valence-electron chi connectivity index (χ2n) is 9.30.